The number of rotatable bonds is 4. The first-order valence-corrected chi connectivity index (χ1v) is 6.49. The molecule has 2 fully saturated rings. The van der Waals surface area contributed by atoms with E-state index in [1.165, 1.54) is 0 Å². The third-order valence-corrected chi connectivity index (χ3v) is 3.47. The van der Waals surface area contributed by atoms with E-state index in [0.29, 0.717) is 5.82 Å². The van der Waals surface area contributed by atoms with Crippen molar-refractivity contribution < 1.29 is 28.5 Å². The summed E-state index contributed by atoms with van der Waals surface area (Å²) >= 11 is 0. The van der Waals surface area contributed by atoms with E-state index in [4.69, 9.17) is 14.1 Å². The fourth-order valence-corrected chi connectivity index (χ4v) is 2.48. The van der Waals surface area contributed by atoms with Crippen LogP contribution >= 0.6 is 0 Å². The second-order valence-electron chi connectivity index (χ2n) is 4.94. The van der Waals surface area contributed by atoms with Gasteiger partial charge in [0.25, 0.3) is 0 Å². The zero-order valence-corrected chi connectivity index (χ0v) is 11.0. The lowest BCUT2D eigenvalue weighted by Crippen LogP contribution is -2.54. The van der Waals surface area contributed by atoms with E-state index in [2.05, 4.69) is 5.48 Å². The van der Waals surface area contributed by atoms with E-state index >= 15 is 0 Å². The quantitative estimate of drug-likeness (QED) is 0.502. The molecule has 7 nitrogen and oxygen atoms in total. The summed E-state index contributed by atoms with van der Waals surface area (Å²) in [6.45, 7) is -2.56. The minimum absolute atomic E-state index is 0.0716. The Labute approximate surface area is 120 Å². The van der Waals surface area contributed by atoms with Gasteiger partial charge in [-0.05, 0) is 5.56 Å². The molecule has 0 atom stereocenters. The van der Waals surface area contributed by atoms with E-state index in [-0.39, 0.29) is 19.4 Å². The van der Waals surface area contributed by atoms with Crippen LogP contribution in [0.2, 0.25) is 0 Å². The summed E-state index contributed by atoms with van der Waals surface area (Å²) in [5.41, 5.74) is 3.05. The maximum atomic E-state index is 12.1. The van der Waals surface area contributed by atoms with Crippen LogP contribution < -0.4 is 5.48 Å². The molecular weight excluding hydrogens is 277 g/mol. The lowest BCUT2D eigenvalue weighted by molar-refractivity contribution is -0.138. The number of nitrogens with one attached hydrogen (secondary N) is 1. The maximum absolute atomic E-state index is 12.1. The van der Waals surface area contributed by atoms with Gasteiger partial charge in [0.2, 0.25) is 5.81 Å². The molecule has 108 valence electrons. The molecule has 1 amide bonds. The molecule has 8 heteroatoms. The Morgan fingerprint density at radius 2 is 1.81 bits per heavy atom. The SMILES string of the molecule is O=C1C[C+]2CC(=O)O[B-]2(C(=O)NOCc2ccccc2)O1. The predicted octanol–water partition coefficient (Wildman–Crippen LogP) is 0.859. The van der Waals surface area contributed by atoms with Gasteiger partial charge in [0, 0.05) is 5.82 Å². The maximum Gasteiger partial charge on any atom is 0.645 e. The zero-order chi connectivity index (χ0) is 14.9. The summed E-state index contributed by atoms with van der Waals surface area (Å²) in [7, 11) is 0. The first-order chi connectivity index (χ1) is 10.1. The zero-order valence-electron chi connectivity index (χ0n) is 11.0. The summed E-state index contributed by atoms with van der Waals surface area (Å²) in [5.74, 6) is -1.53. The largest absolute Gasteiger partial charge is 0.645 e. The molecule has 0 aliphatic carbocycles. The minimum atomic E-state index is -2.71. The summed E-state index contributed by atoms with van der Waals surface area (Å²) in [4.78, 5) is 39.9. The van der Waals surface area contributed by atoms with Crippen molar-refractivity contribution >= 4 is 24.3 Å². The van der Waals surface area contributed by atoms with Gasteiger partial charge in [-0.25, -0.2) is 0 Å². The lowest BCUT2D eigenvalue weighted by Gasteiger charge is -2.23. The van der Waals surface area contributed by atoms with Crippen LogP contribution in [0.5, 0.6) is 0 Å². The summed E-state index contributed by atoms with van der Waals surface area (Å²) in [5, 5.41) is 0. The molecule has 0 bridgehead atoms. The van der Waals surface area contributed by atoms with Crippen molar-refractivity contribution in [2.24, 2.45) is 0 Å². The van der Waals surface area contributed by atoms with Crippen LogP contribution in [0.15, 0.2) is 30.3 Å². The number of carbonyl (C=O) groups excluding carboxylic acids is 3. The molecule has 0 saturated carbocycles. The monoisotopic (exact) mass is 289 g/mol. The highest BCUT2D eigenvalue weighted by Gasteiger charge is 2.70. The van der Waals surface area contributed by atoms with E-state index in [9.17, 15) is 14.4 Å². The molecular formula is C13H12BNO6. The Morgan fingerprint density at radius 1 is 1.19 bits per heavy atom. The average molecular weight is 289 g/mol. The van der Waals surface area contributed by atoms with Gasteiger partial charge in [-0.2, -0.15) is 0 Å². The van der Waals surface area contributed by atoms with Crippen LogP contribution in [-0.4, -0.2) is 24.3 Å². The van der Waals surface area contributed by atoms with Crippen molar-refractivity contribution in [2.75, 3.05) is 0 Å². The van der Waals surface area contributed by atoms with Crippen LogP contribution in [-0.2, 0) is 30.3 Å². The number of fused-ring (bicyclic) bond motifs is 1. The third kappa shape index (κ3) is 2.45. The summed E-state index contributed by atoms with van der Waals surface area (Å²) in [6, 6.07) is 9.21. The molecule has 0 radical (unpaired) electrons. The number of hydrogen-bond donors (Lipinski definition) is 1. The van der Waals surface area contributed by atoms with Crippen molar-refractivity contribution in [1.82, 2.24) is 5.48 Å². The minimum Gasteiger partial charge on any atom is -0.607 e. The second-order valence-corrected chi connectivity index (χ2v) is 4.94. The number of hydroxylamine groups is 1. The molecule has 2 saturated heterocycles. The molecule has 1 aromatic carbocycles. The van der Waals surface area contributed by atoms with Gasteiger partial charge < -0.3 is 14.1 Å². The van der Waals surface area contributed by atoms with Crippen molar-refractivity contribution in [1.29, 1.82) is 0 Å². The van der Waals surface area contributed by atoms with Crippen LogP contribution in [0.25, 0.3) is 0 Å². The van der Waals surface area contributed by atoms with Gasteiger partial charge in [0.1, 0.15) is 12.8 Å². The average Bonchev–Trinajstić information content (AvgIpc) is 2.91. The van der Waals surface area contributed by atoms with Crippen LogP contribution in [0.4, 0.5) is 4.79 Å². The van der Waals surface area contributed by atoms with Gasteiger partial charge in [-0.1, -0.05) is 30.3 Å². The van der Waals surface area contributed by atoms with Crippen LogP contribution in [0, 0.1) is 5.82 Å². The van der Waals surface area contributed by atoms with Gasteiger partial charge in [-0.3, -0.25) is 19.9 Å². The predicted molar refractivity (Wildman–Crippen MR) is 70.2 cm³/mol. The highest BCUT2D eigenvalue weighted by atomic mass is 16.7. The molecule has 3 rings (SSSR count). The fraction of sp³-hybridized carbons (Fsp3) is 0.231. The molecule has 21 heavy (non-hydrogen) atoms. The highest BCUT2D eigenvalue weighted by Crippen LogP contribution is 2.40. The van der Waals surface area contributed by atoms with Gasteiger partial charge in [0.05, 0.1) is 6.61 Å². The molecule has 1 aromatic rings. The molecule has 0 spiro atoms. The highest BCUT2D eigenvalue weighted by molar-refractivity contribution is 7.04. The first-order valence-electron chi connectivity index (χ1n) is 6.49. The molecule has 0 aromatic heterocycles. The van der Waals surface area contributed by atoms with Gasteiger partial charge >= 0.3 is 18.5 Å². The van der Waals surface area contributed by atoms with Gasteiger partial charge in [0.15, 0.2) is 0 Å². The number of amides is 1. The number of benzene rings is 1. The topological polar surface area (TPSA) is 90.9 Å². The Morgan fingerprint density at radius 3 is 2.43 bits per heavy atom. The lowest BCUT2D eigenvalue weighted by atomic mass is 9.48. The standard InChI is InChI=1S/C13H12BNO6/c16-11-6-10-7-12(17)21-14(10,20-11)13(18)15-19-8-9-4-2-1-3-5-9/h1-5H,6-8H2,(H,15,18). The number of carbonyl (C=O) groups is 3. The molecule has 2 aliphatic rings. The Hall–Kier alpha value is -2.48. The molecule has 0 unspecified atom stereocenters. The third-order valence-electron chi connectivity index (χ3n) is 3.47. The van der Waals surface area contributed by atoms with Crippen molar-refractivity contribution in [3.05, 3.63) is 41.7 Å². The Bertz CT molecular complexity index is 570. The summed E-state index contributed by atoms with van der Waals surface area (Å²) in [6.07, 6.45) is -0.143. The fourth-order valence-electron chi connectivity index (χ4n) is 2.48. The Kier molecular flexibility index (Phi) is 3.30. The first kappa shape index (κ1) is 13.5. The Balaban J connectivity index is 1.62. The van der Waals surface area contributed by atoms with Gasteiger partial charge in [-0.15, -0.1) is 0 Å². The van der Waals surface area contributed by atoms with Crippen molar-refractivity contribution in [3.63, 3.8) is 0 Å². The van der Waals surface area contributed by atoms with E-state index in [1.807, 2.05) is 30.3 Å². The normalized spacial score (nSPS) is 19.0. The van der Waals surface area contributed by atoms with Crippen molar-refractivity contribution in [3.8, 4) is 0 Å². The molecule has 1 N–H and O–H groups in total. The second kappa shape index (κ2) is 5.14. The number of hydrogen-bond acceptors (Lipinski definition) is 6. The van der Waals surface area contributed by atoms with E-state index < -0.39 is 24.3 Å². The molecule has 2 aliphatic heterocycles. The van der Waals surface area contributed by atoms with E-state index in [1.54, 1.807) is 0 Å². The van der Waals surface area contributed by atoms with E-state index in [0.717, 1.165) is 5.56 Å². The smallest absolute Gasteiger partial charge is 0.607 e. The van der Waals surface area contributed by atoms with Crippen LogP contribution in [0.3, 0.4) is 0 Å². The summed E-state index contributed by atoms with van der Waals surface area (Å²) < 4.78 is 9.92. The van der Waals surface area contributed by atoms with Crippen LogP contribution in [0.1, 0.15) is 18.4 Å². The molecule has 2 heterocycles. The van der Waals surface area contributed by atoms with Crippen molar-refractivity contribution in [2.45, 2.75) is 19.4 Å².